The molecule has 0 aromatic heterocycles. The van der Waals surface area contributed by atoms with E-state index in [0.29, 0.717) is 6.04 Å². The fraction of sp³-hybridized carbons (Fsp3) is 0.714. The lowest BCUT2D eigenvalue weighted by atomic mass is 10.4. The zero-order chi connectivity index (χ0) is 7.98. The molecule has 0 spiro atoms. The van der Waals surface area contributed by atoms with Crippen LogP contribution >= 0.6 is 0 Å². The Morgan fingerprint density at radius 2 is 2.10 bits per heavy atom. The van der Waals surface area contributed by atoms with Crippen molar-refractivity contribution >= 4 is 0 Å². The van der Waals surface area contributed by atoms with Crippen LogP contribution in [0.1, 0.15) is 13.8 Å². The van der Waals surface area contributed by atoms with E-state index in [2.05, 4.69) is 36.6 Å². The molecule has 3 nitrogen and oxygen atoms in total. The van der Waals surface area contributed by atoms with E-state index in [1.807, 2.05) is 7.05 Å². The topological polar surface area (TPSA) is 36.1 Å². The number of hydrazine groups is 1. The van der Waals surface area contributed by atoms with Crippen LogP contribution in [0.3, 0.4) is 0 Å². The zero-order valence-electron chi connectivity index (χ0n) is 6.99. The first-order chi connectivity index (χ1) is 4.66. The van der Waals surface area contributed by atoms with E-state index >= 15 is 0 Å². The van der Waals surface area contributed by atoms with Crippen LogP contribution in [-0.2, 0) is 0 Å². The Labute approximate surface area is 62.9 Å². The van der Waals surface area contributed by atoms with E-state index in [4.69, 9.17) is 0 Å². The Morgan fingerprint density at radius 3 is 2.50 bits per heavy atom. The van der Waals surface area contributed by atoms with E-state index in [9.17, 15) is 0 Å². The maximum absolute atomic E-state index is 3.78. The first-order valence-electron chi connectivity index (χ1n) is 3.50. The molecule has 0 saturated carbocycles. The molecule has 0 aromatic carbocycles. The fourth-order valence-electron chi connectivity index (χ4n) is 0.504. The van der Waals surface area contributed by atoms with Crippen molar-refractivity contribution in [2.45, 2.75) is 19.9 Å². The summed E-state index contributed by atoms with van der Waals surface area (Å²) in [6.07, 6.45) is 0. The van der Waals surface area contributed by atoms with E-state index in [1.54, 1.807) is 0 Å². The summed E-state index contributed by atoms with van der Waals surface area (Å²) in [7, 11) is 1.89. The summed E-state index contributed by atoms with van der Waals surface area (Å²) >= 11 is 0. The number of nitrogens with one attached hydrogen (secondary N) is 3. The molecule has 0 rings (SSSR count). The average Bonchev–Trinajstić information content (AvgIpc) is 1.85. The van der Waals surface area contributed by atoms with Crippen LogP contribution in [-0.4, -0.2) is 19.6 Å². The van der Waals surface area contributed by atoms with Crippen molar-refractivity contribution in [1.82, 2.24) is 16.2 Å². The number of hydrogen-bond acceptors (Lipinski definition) is 3. The number of rotatable bonds is 5. The minimum Gasteiger partial charge on any atom is -0.325 e. The summed E-state index contributed by atoms with van der Waals surface area (Å²) in [5.41, 5.74) is 6.97. The summed E-state index contributed by atoms with van der Waals surface area (Å²) in [4.78, 5) is 0. The van der Waals surface area contributed by atoms with Gasteiger partial charge in [0.15, 0.2) is 0 Å². The normalized spacial score (nSPS) is 10.0. The molecule has 0 fully saturated rings. The Hall–Kier alpha value is -0.540. The van der Waals surface area contributed by atoms with Gasteiger partial charge in [-0.1, -0.05) is 6.58 Å². The van der Waals surface area contributed by atoms with Gasteiger partial charge in [-0.3, -0.25) is 0 Å². The van der Waals surface area contributed by atoms with Crippen molar-refractivity contribution in [2.24, 2.45) is 0 Å². The minimum absolute atomic E-state index is 0.439. The van der Waals surface area contributed by atoms with Crippen molar-refractivity contribution in [2.75, 3.05) is 13.6 Å². The van der Waals surface area contributed by atoms with Gasteiger partial charge in [-0.15, -0.1) is 0 Å². The molecule has 0 aliphatic heterocycles. The van der Waals surface area contributed by atoms with Crippen molar-refractivity contribution in [3.05, 3.63) is 12.3 Å². The van der Waals surface area contributed by atoms with Crippen LogP contribution in [0.4, 0.5) is 0 Å². The highest BCUT2D eigenvalue weighted by atomic mass is 15.4. The third kappa shape index (κ3) is 5.59. The Bertz CT molecular complexity index is 99.0. The van der Waals surface area contributed by atoms with Gasteiger partial charge in [-0.05, 0) is 20.9 Å². The Morgan fingerprint density at radius 1 is 1.50 bits per heavy atom. The molecule has 3 heteroatoms. The van der Waals surface area contributed by atoms with Gasteiger partial charge in [0.1, 0.15) is 0 Å². The predicted octanol–water partition coefficient (Wildman–Crippen LogP) is 0.222. The molecule has 0 aromatic rings. The molecular formula is C7H17N3. The van der Waals surface area contributed by atoms with Crippen LogP contribution in [0.2, 0.25) is 0 Å². The molecule has 0 atom stereocenters. The van der Waals surface area contributed by atoms with Crippen molar-refractivity contribution in [1.29, 1.82) is 0 Å². The monoisotopic (exact) mass is 143 g/mol. The molecule has 0 radical (unpaired) electrons. The lowest BCUT2D eigenvalue weighted by molar-refractivity contribution is 0.512. The number of likely N-dealkylation sites (N-methyl/N-ethyl adjacent to an activating group) is 1. The maximum atomic E-state index is 3.78. The highest BCUT2D eigenvalue weighted by Crippen LogP contribution is 1.78. The highest BCUT2D eigenvalue weighted by molar-refractivity contribution is 4.91. The van der Waals surface area contributed by atoms with E-state index < -0.39 is 0 Å². The van der Waals surface area contributed by atoms with Crippen molar-refractivity contribution < 1.29 is 0 Å². The van der Waals surface area contributed by atoms with E-state index in [-0.39, 0.29) is 0 Å². The smallest absolute Gasteiger partial charge is 0.0359 e. The van der Waals surface area contributed by atoms with Crippen LogP contribution in [0.5, 0.6) is 0 Å². The molecule has 0 unspecified atom stereocenters. The second-order valence-electron chi connectivity index (χ2n) is 2.56. The average molecular weight is 143 g/mol. The second-order valence-corrected chi connectivity index (χ2v) is 2.56. The van der Waals surface area contributed by atoms with Gasteiger partial charge in [0.25, 0.3) is 0 Å². The molecule has 0 aliphatic rings. The summed E-state index contributed by atoms with van der Waals surface area (Å²) in [6, 6.07) is 0.439. The largest absolute Gasteiger partial charge is 0.325 e. The SMILES string of the molecule is C=C(CNC)NNC(C)C. The summed E-state index contributed by atoms with van der Waals surface area (Å²) in [5.74, 6) is 0. The first-order valence-corrected chi connectivity index (χ1v) is 3.50. The summed E-state index contributed by atoms with van der Waals surface area (Å²) in [5, 5.41) is 2.99. The lowest BCUT2D eigenvalue weighted by Gasteiger charge is -2.12. The summed E-state index contributed by atoms with van der Waals surface area (Å²) < 4.78 is 0. The highest BCUT2D eigenvalue weighted by Gasteiger charge is 1.91. The van der Waals surface area contributed by atoms with Gasteiger partial charge in [0.2, 0.25) is 0 Å². The van der Waals surface area contributed by atoms with Crippen LogP contribution in [0.15, 0.2) is 12.3 Å². The number of hydrogen-bond donors (Lipinski definition) is 3. The molecule has 0 saturated heterocycles. The lowest BCUT2D eigenvalue weighted by Crippen LogP contribution is -2.38. The predicted molar refractivity (Wildman–Crippen MR) is 44.5 cm³/mol. The first kappa shape index (κ1) is 9.46. The van der Waals surface area contributed by atoms with Gasteiger partial charge < -0.3 is 10.7 Å². The molecular weight excluding hydrogens is 126 g/mol. The minimum atomic E-state index is 0.439. The quantitative estimate of drug-likeness (QED) is 0.482. The molecule has 0 aliphatic carbocycles. The van der Waals surface area contributed by atoms with Gasteiger partial charge in [0, 0.05) is 18.3 Å². The molecule has 0 amide bonds. The van der Waals surface area contributed by atoms with E-state index in [1.165, 1.54) is 0 Å². The Kier molecular flexibility index (Phi) is 4.98. The van der Waals surface area contributed by atoms with E-state index in [0.717, 1.165) is 12.2 Å². The van der Waals surface area contributed by atoms with Crippen LogP contribution < -0.4 is 16.2 Å². The molecule has 10 heavy (non-hydrogen) atoms. The maximum Gasteiger partial charge on any atom is 0.0359 e. The Balaban J connectivity index is 3.22. The zero-order valence-corrected chi connectivity index (χ0v) is 6.99. The van der Waals surface area contributed by atoms with Gasteiger partial charge >= 0.3 is 0 Å². The molecule has 3 N–H and O–H groups in total. The van der Waals surface area contributed by atoms with Crippen LogP contribution in [0.25, 0.3) is 0 Å². The van der Waals surface area contributed by atoms with Crippen LogP contribution in [0, 0.1) is 0 Å². The third-order valence-electron chi connectivity index (χ3n) is 0.928. The van der Waals surface area contributed by atoms with Gasteiger partial charge in [-0.25, -0.2) is 5.43 Å². The third-order valence-corrected chi connectivity index (χ3v) is 0.928. The van der Waals surface area contributed by atoms with Crippen molar-refractivity contribution in [3.8, 4) is 0 Å². The van der Waals surface area contributed by atoms with Crippen molar-refractivity contribution in [3.63, 3.8) is 0 Å². The van der Waals surface area contributed by atoms with Gasteiger partial charge in [0.05, 0.1) is 0 Å². The molecule has 0 bridgehead atoms. The fourth-order valence-corrected chi connectivity index (χ4v) is 0.504. The second kappa shape index (κ2) is 5.26. The molecule has 0 heterocycles. The molecule has 60 valence electrons. The standard InChI is InChI=1S/C7H17N3/c1-6(2)9-10-7(3)5-8-4/h6,8-10H,3,5H2,1-2,4H3. The summed E-state index contributed by atoms with van der Waals surface area (Å²) in [6.45, 7) is 8.71. The van der Waals surface area contributed by atoms with Gasteiger partial charge in [-0.2, -0.15) is 0 Å².